The summed E-state index contributed by atoms with van der Waals surface area (Å²) < 4.78 is 18.9. The van der Waals surface area contributed by atoms with Gasteiger partial charge in [-0.25, -0.2) is 4.98 Å². The van der Waals surface area contributed by atoms with Crippen molar-refractivity contribution in [1.29, 1.82) is 0 Å². The van der Waals surface area contributed by atoms with Gasteiger partial charge in [0.05, 0.1) is 5.60 Å². The minimum atomic E-state index is -0.638. The first-order valence-electron chi connectivity index (χ1n) is 7.16. The highest BCUT2D eigenvalue weighted by atomic mass is 19.1. The summed E-state index contributed by atoms with van der Waals surface area (Å²) in [5.41, 5.74) is -0.0268. The lowest BCUT2D eigenvalue weighted by atomic mass is 9.86. The lowest BCUT2D eigenvalue weighted by Crippen LogP contribution is -2.48. The molecule has 0 saturated carbocycles. The highest BCUT2D eigenvalue weighted by molar-refractivity contribution is 5.92. The molecule has 5 heteroatoms. The molecule has 4 nitrogen and oxygen atoms in total. The summed E-state index contributed by atoms with van der Waals surface area (Å²) in [5, 5.41) is 2.94. The maximum Gasteiger partial charge on any atom is 0.270 e. The van der Waals surface area contributed by atoms with E-state index in [1.54, 1.807) is 0 Å². The van der Waals surface area contributed by atoms with Crippen molar-refractivity contribution in [3.05, 3.63) is 29.8 Å². The molecule has 1 atom stereocenters. The molecule has 2 heterocycles. The molecule has 0 radical (unpaired) electrons. The number of nitrogens with one attached hydrogen (secondary N) is 1. The van der Waals surface area contributed by atoms with E-state index in [1.807, 2.05) is 0 Å². The Morgan fingerprint density at radius 3 is 2.90 bits per heavy atom. The number of hydrogen-bond acceptors (Lipinski definition) is 3. The van der Waals surface area contributed by atoms with E-state index in [1.165, 1.54) is 18.2 Å². The molecule has 2 rings (SSSR count). The molecule has 0 spiro atoms. The Balaban J connectivity index is 2.01. The van der Waals surface area contributed by atoms with Crippen LogP contribution in [0.25, 0.3) is 0 Å². The fourth-order valence-electron chi connectivity index (χ4n) is 2.69. The Morgan fingerprint density at radius 2 is 2.25 bits per heavy atom. The summed E-state index contributed by atoms with van der Waals surface area (Å²) in [6.45, 7) is 4.84. The smallest absolute Gasteiger partial charge is 0.270 e. The zero-order valence-electron chi connectivity index (χ0n) is 12.0. The molecular weight excluding hydrogens is 259 g/mol. The summed E-state index contributed by atoms with van der Waals surface area (Å²) >= 11 is 0. The van der Waals surface area contributed by atoms with Crippen LogP contribution < -0.4 is 5.32 Å². The molecule has 1 aliphatic heterocycles. The molecule has 1 fully saturated rings. The van der Waals surface area contributed by atoms with Crippen LogP contribution in [-0.2, 0) is 4.74 Å². The van der Waals surface area contributed by atoms with E-state index in [4.69, 9.17) is 4.74 Å². The summed E-state index contributed by atoms with van der Waals surface area (Å²) in [4.78, 5) is 15.7. The second-order valence-corrected chi connectivity index (χ2v) is 5.25. The van der Waals surface area contributed by atoms with Gasteiger partial charge >= 0.3 is 0 Å². The Bertz CT molecular complexity index is 475. The first kappa shape index (κ1) is 14.9. The average Bonchev–Trinajstić information content (AvgIpc) is 2.47. The van der Waals surface area contributed by atoms with E-state index < -0.39 is 5.95 Å². The SMILES string of the molecule is CCC1(CC)CC(NC(=O)c2cccc(F)n2)CCO1. The normalized spacial score (nSPS) is 21.4. The highest BCUT2D eigenvalue weighted by Crippen LogP contribution is 2.31. The topological polar surface area (TPSA) is 51.2 Å². The molecule has 0 aromatic carbocycles. The number of rotatable bonds is 4. The van der Waals surface area contributed by atoms with Crippen LogP contribution in [0.15, 0.2) is 18.2 Å². The molecule has 110 valence electrons. The predicted molar refractivity (Wildman–Crippen MR) is 73.9 cm³/mol. The van der Waals surface area contributed by atoms with Crippen molar-refractivity contribution >= 4 is 5.91 Å². The standard InChI is InChI=1S/C15H21FN2O2/c1-3-15(4-2)10-11(8-9-20-15)17-14(19)12-6-5-7-13(16)18-12/h5-7,11H,3-4,8-10H2,1-2H3,(H,17,19). The van der Waals surface area contributed by atoms with E-state index in [2.05, 4.69) is 24.1 Å². The van der Waals surface area contributed by atoms with E-state index >= 15 is 0 Å². The maximum absolute atomic E-state index is 13.0. The number of hydrogen-bond donors (Lipinski definition) is 1. The largest absolute Gasteiger partial charge is 0.375 e. The molecule has 0 bridgehead atoms. The van der Waals surface area contributed by atoms with Gasteiger partial charge in [-0.05, 0) is 37.8 Å². The van der Waals surface area contributed by atoms with E-state index in [-0.39, 0.29) is 23.2 Å². The molecule has 1 N–H and O–H groups in total. The lowest BCUT2D eigenvalue weighted by Gasteiger charge is -2.40. The van der Waals surface area contributed by atoms with Gasteiger partial charge in [-0.15, -0.1) is 0 Å². The molecule has 1 aliphatic rings. The van der Waals surface area contributed by atoms with Crippen molar-refractivity contribution in [3.8, 4) is 0 Å². The predicted octanol–water partition coefficient (Wildman–Crippen LogP) is 2.69. The maximum atomic E-state index is 13.0. The second kappa shape index (κ2) is 6.31. The van der Waals surface area contributed by atoms with Crippen molar-refractivity contribution < 1.29 is 13.9 Å². The van der Waals surface area contributed by atoms with Crippen LogP contribution >= 0.6 is 0 Å². The minimum absolute atomic E-state index is 0.0567. The first-order valence-corrected chi connectivity index (χ1v) is 7.16. The zero-order valence-corrected chi connectivity index (χ0v) is 12.0. The van der Waals surface area contributed by atoms with Gasteiger partial charge in [0.15, 0.2) is 0 Å². The van der Waals surface area contributed by atoms with Crippen molar-refractivity contribution in [3.63, 3.8) is 0 Å². The monoisotopic (exact) mass is 280 g/mol. The summed E-state index contributed by atoms with van der Waals surface area (Å²) in [7, 11) is 0. The van der Waals surface area contributed by atoms with Gasteiger partial charge in [0, 0.05) is 12.6 Å². The molecule has 0 aliphatic carbocycles. The third kappa shape index (κ3) is 3.33. The Hall–Kier alpha value is -1.49. The number of amides is 1. The van der Waals surface area contributed by atoms with Gasteiger partial charge in [-0.1, -0.05) is 19.9 Å². The molecule has 1 unspecified atom stereocenters. The van der Waals surface area contributed by atoms with Crippen LogP contribution in [0.1, 0.15) is 50.0 Å². The summed E-state index contributed by atoms with van der Waals surface area (Å²) in [6, 6.07) is 4.29. The van der Waals surface area contributed by atoms with E-state index in [0.29, 0.717) is 6.61 Å². The minimum Gasteiger partial charge on any atom is -0.375 e. The Kier molecular flexibility index (Phi) is 4.70. The average molecular weight is 280 g/mol. The van der Waals surface area contributed by atoms with Gasteiger partial charge in [0.25, 0.3) is 5.91 Å². The van der Waals surface area contributed by atoms with Crippen LogP contribution in [0.3, 0.4) is 0 Å². The molecule has 1 aromatic rings. The lowest BCUT2D eigenvalue weighted by molar-refractivity contribution is -0.0918. The molecule has 1 amide bonds. The molecule has 1 aromatic heterocycles. The number of halogens is 1. The number of aromatic nitrogens is 1. The third-order valence-corrected chi connectivity index (χ3v) is 4.06. The third-order valence-electron chi connectivity index (χ3n) is 4.06. The Labute approximate surface area is 118 Å². The second-order valence-electron chi connectivity index (χ2n) is 5.25. The fourth-order valence-corrected chi connectivity index (χ4v) is 2.69. The van der Waals surface area contributed by atoms with Crippen molar-refractivity contribution in [2.45, 2.75) is 51.2 Å². The van der Waals surface area contributed by atoms with Crippen LogP contribution in [0.5, 0.6) is 0 Å². The van der Waals surface area contributed by atoms with Crippen LogP contribution in [0, 0.1) is 5.95 Å². The fraction of sp³-hybridized carbons (Fsp3) is 0.600. The van der Waals surface area contributed by atoms with Crippen LogP contribution in [0.2, 0.25) is 0 Å². The van der Waals surface area contributed by atoms with Gasteiger partial charge in [0.2, 0.25) is 5.95 Å². The van der Waals surface area contributed by atoms with Crippen LogP contribution in [-0.4, -0.2) is 29.1 Å². The van der Waals surface area contributed by atoms with Gasteiger partial charge in [-0.3, -0.25) is 4.79 Å². The van der Waals surface area contributed by atoms with Crippen molar-refractivity contribution in [1.82, 2.24) is 10.3 Å². The number of carbonyl (C=O) groups is 1. The summed E-state index contributed by atoms with van der Waals surface area (Å²) in [6.07, 6.45) is 3.42. The summed E-state index contributed by atoms with van der Waals surface area (Å²) in [5.74, 6) is -0.960. The molecular formula is C15H21FN2O2. The van der Waals surface area contributed by atoms with E-state index in [9.17, 15) is 9.18 Å². The Morgan fingerprint density at radius 1 is 1.50 bits per heavy atom. The molecule has 1 saturated heterocycles. The van der Waals surface area contributed by atoms with Gasteiger partial charge in [-0.2, -0.15) is 4.39 Å². The number of ether oxygens (including phenoxy) is 1. The molecule has 20 heavy (non-hydrogen) atoms. The van der Waals surface area contributed by atoms with Gasteiger partial charge in [0.1, 0.15) is 5.69 Å². The van der Waals surface area contributed by atoms with E-state index in [0.717, 1.165) is 25.7 Å². The van der Waals surface area contributed by atoms with Crippen molar-refractivity contribution in [2.75, 3.05) is 6.61 Å². The first-order chi connectivity index (χ1) is 9.58. The number of pyridine rings is 1. The van der Waals surface area contributed by atoms with Crippen LogP contribution in [0.4, 0.5) is 4.39 Å². The zero-order chi connectivity index (χ0) is 14.6. The van der Waals surface area contributed by atoms with Gasteiger partial charge < -0.3 is 10.1 Å². The van der Waals surface area contributed by atoms with Crippen molar-refractivity contribution in [2.24, 2.45) is 0 Å². The quantitative estimate of drug-likeness (QED) is 0.863. The number of nitrogens with zero attached hydrogens (tertiary/aromatic N) is 1. The highest BCUT2D eigenvalue weighted by Gasteiger charge is 2.35. The number of carbonyl (C=O) groups excluding carboxylic acids is 1.